The molecule has 3 N–H and O–H groups in total. The number of aromatic hydroxyl groups is 1. The molecule has 1 aliphatic rings. The number of rotatable bonds is 10. The van der Waals surface area contributed by atoms with E-state index in [4.69, 9.17) is 34.3 Å². The standard InChI is InChI=1S/C27H28N6O7/c1-35-23-8-5-15(10-21(23)34)20-13-18(40-30-20)14-39-22-7-6-16(9-19(22)28)27-29-31-32-33(27)17-11-24(36-2)26(38-4)25(12-17)37-3/h5-12,18,34H,13-14,28H2,1-4H3. The van der Waals surface area contributed by atoms with Crippen molar-refractivity contribution in [3.63, 3.8) is 0 Å². The molecular weight excluding hydrogens is 520 g/mol. The van der Waals surface area contributed by atoms with Gasteiger partial charge in [0.1, 0.15) is 12.4 Å². The number of phenolic OH excluding ortho intramolecular Hbond substituents is 1. The van der Waals surface area contributed by atoms with Crippen molar-refractivity contribution in [3.05, 3.63) is 54.1 Å². The second-order valence-corrected chi connectivity index (χ2v) is 8.72. The highest BCUT2D eigenvalue weighted by molar-refractivity contribution is 6.01. The molecule has 0 aliphatic carbocycles. The number of nitrogen functional groups attached to an aromatic ring is 1. The summed E-state index contributed by atoms with van der Waals surface area (Å²) in [4.78, 5) is 5.53. The normalized spacial score (nSPS) is 14.3. The number of nitrogens with two attached hydrogens (primary N) is 1. The Balaban J connectivity index is 1.28. The van der Waals surface area contributed by atoms with E-state index in [1.165, 1.54) is 28.4 Å². The number of hydrogen-bond acceptors (Lipinski definition) is 12. The highest BCUT2D eigenvalue weighted by Gasteiger charge is 2.24. The van der Waals surface area contributed by atoms with E-state index in [0.29, 0.717) is 63.6 Å². The van der Waals surface area contributed by atoms with E-state index < -0.39 is 0 Å². The number of phenols is 1. The number of hydrogen-bond donors (Lipinski definition) is 2. The Labute approximate surface area is 229 Å². The molecular formula is C27H28N6O7. The molecule has 1 aromatic heterocycles. The van der Waals surface area contributed by atoms with E-state index >= 15 is 0 Å². The molecule has 13 heteroatoms. The first-order chi connectivity index (χ1) is 19.4. The first kappa shape index (κ1) is 26.4. The van der Waals surface area contributed by atoms with E-state index in [2.05, 4.69) is 20.7 Å². The van der Waals surface area contributed by atoms with Gasteiger partial charge < -0.3 is 39.4 Å². The highest BCUT2D eigenvalue weighted by Crippen LogP contribution is 2.40. The van der Waals surface area contributed by atoms with Gasteiger partial charge in [-0.15, -0.1) is 5.10 Å². The molecule has 1 atom stereocenters. The Hall–Kier alpha value is -5.20. The smallest absolute Gasteiger partial charge is 0.203 e. The molecule has 5 rings (SSSR count). The topological polar surface area (TPSA) is 158 Å². The molecule has 3 aromatic carbocycles. The molecule has 2 heterocycles. The molecule has 0 radical (unpaired) electrons. The van der Waals surface area contributed by atoms with Gasteiger partial charge in [-0.2, -0.15) is 4.68 Å². The first-order valence-corrected chi connectivity index (χ1v) is 12.2. The van der Waals surface area contributed by atoms with E-state index in [-0.39, 0.29) is 18.5 Å². The van der Waals surface area contributed by atoms with E-state index in [9.17, 15) is 5.11 Å². The van der Waals surface area contributed by atoms with Crippen LogP contribution in [-0.2, 0) is 4.84 Å². The van der Waals surface area contributed by atoms with Crippen LogP contribution >= 0.6 is 0 Å². The van der Waals surface area contributed by atoms with Crippen LogP contribution in [0.2, 0.25) is 0 Å². The van der Waals surface area contributed by atoms with E-state index in [1.807, 2.05) is 12.1 Å². The SMILES string of the molecule is COc1ccc(C2=NOC(COc3ccc(-c4nnnn4-c4cc(OC)c(OC)c(OC)c4)cc3N)C2)cc1O. The molecule has 13 nitrogen and oxygen atoms in total. The lowest BCUT2D eigenvalue weighted by molar-refractivity contribution is 0.0473. The number of nitrogens with zero attached hydrogens (tertiary/aromatic N) is 5. The van der Waals surface area contributed by atoms with Gasteiger partial charge in [-0.05, 0) is 46.8 Å². The van der Waals surface area contributed by atoms with Gasteiger partial charge in [0, 0.05) is 29.7 Å². The molecule has 0 saturated heterocycles. The summed E-state index contributed by atoms with van der Waals surface area (Å²) in [5.74, 6) is 2.74. The predicted molar refractivity (Wildman–Crippen MR) is 145 cm³/mol. The first-order valence-electron chi connectivity index (χ1n) is 12.2. The van der Waals surface area contributed by atoms with Crippen LogP contribution in [0.4, 0.5) is 5.69 Å². The van der Waals surface area contributed by atoms with Crippen molar-refractivity contribution < 1.29 is 33.6 Å². The third-order valence-electron chi connectivity index (χ3n) is 6.30. The van der Waals surface area contributed by atoms with Crippen molar-refractivity contribution in [3.8, 4) is 51.6 Å². The summed E-state index contributed by atoms with van der Waals surface area (Å²) in [6, 6.07) is 13.9. The summed E-state index contributed by atoms with van der Waals surface area (Å²) >= 11 is 0. The zero-order valence-electron chi connectivity index (χ0n) is 22.3. The molecule has 208 valence electrons. The van der Waals surface area contributed by atoms with Crippen molar-refractivity contribution in [1.29, 1.82) is 0 Å². The van der Waals surface area contributed by atoms with Crippen LogP contribution in [0.5, 0.6) is 34.5 Å². The summed E-state index contributed by atoms with van der Waals surface area (Å²) in [6.07, 6.45) is 0.193. The Morgan fingerprint density at radius 2 is 1.60 bits per heavy atom. The lowest BCUT2D eigenvalue weighted by Gasteiger charge is -2.15. The summed E-state index contributed by atoms with van der Waals surface area (Å²) in [6.45, 7) is 0.224. The molecule has 0 bridgehead atoms. The zero-order chi connectivity index (χ0) is 28.2. The Bertz CT molecular complexity index is 1530. The maximum atomic E-state index is 10.1. The molecule has 40 heavy (non-hydrogen) atoms. The second-order valence-electron chi connectivity index (χ2n) is 8.72. The lowest BCUT2D eigenvalue weighted by Crippen LogP contribution is -2.18. The van der Waals surface area contributed by atoms with Gasteiger partial charge >= 0.3 is 0 Å². The average molecular weight is 549 g/mol. The van der Waals surface area contributed by atoms with E-state index in [0.717, 1.165) is 5.56 Å². The number of benzene rings is 3. The summed E-state index contributed by atoms with van der Waals surface area (Å²) in [5, 5.41) is 26.4. The van der Waals surface area contributed by atoms with Crippen molar-refractivity contribution in [2.45, 2.75) is 12.5 Å². The maximum Gasteiger partial charge on any atom is 0.203 e. The Kier molecular flexibility index (Phi) is 7.44. The van der Waals surface area contributed by atoms with Crippen LogP contribution in [0.15, 0.2) is 53.7 Å². The van der Waals surface area contributed by atoms with Crippen molar-refractivity contribution in [1.82, 2.24) is 20.2 Å². The number of oxime groups is 1. The zero-order valence-corrected chi connectivity index (χ0v) is 22.3. The predicted octanol–water partition coefficient (Wildman–Crippen LogP) is 3.22. The molecule has 0 fully saturated rings. The maximum absolute atomic E-state index is 10.1. The van der Waals surface area contributed by atoms with Gasteiger partial charge in [-0.3, -0.25) is 0 Å². The fourth-order valence-corrected chi connectivity index (χ4v) is 4.29. The van der Waals surface area contributed by atoms with Crippen molar-refractivity contribution in [2.75, 3.05) is 40.8 Å². The average Bonchev–Trinajstić information content (AvgIpc) is 3.66. The Morgan fingerprint density at radius 1 is 0.900 bits per heavy atom. The third-order valence-corrected chi connectivity index (χ3v) is 6.30. The van der Waals surface area contributed by atoms with Gasteiger partial charge in [0.05, 0.1) is 45.5 Å². The molecule has 4 aromatic rings. The van der Waals surface area contributed by atoms with Gasteiger partial charge in [0.2, 0.25) is 5.75 Å². The van der Waals surface area contributed by atoms with Gasteiger partial charge in [0.25, 0.3) is 0 Å². The minimum Gasteiger partial charge on any atom is -0.504 e. The van der Waals surface area contributed by atoms with Gasteiger partial charge in [0.15, 0.2) is 34.9 Å². The van der Waals surface area contributed by atoms with Gasteiger partial charge in [-0.1, -0.05) is 5.16 Å². The molecule has 1 unspecified atom stereocenters. The largest absolute Gasteiger partial charge is 0.504 e. The number of aromatic nitrogens is 4. The fourth-order valence-electron chi connectivity index (χ4n) is 4.29. The number of ether oxygens (including phenoxy) is 5. The number of methoxy groups -OCH3 is 4. The molecule has 0 amide bonds. The van der Waals surface area contributed by atoms with Gasteiger partial charge in [-0.25, -0.2) is 0 Å². The molecule has 1 aliphatic heterocycles. The Morgan fingerprint density at radius 3 is 2.25 bits per heavy atom. The number of anilines is 1. The highest BCUT2D eigenvalue weighted by atomic mass is 16.7. The van der Waals surface area contributed by atoms with Crippen LogP contribution in [0.1, 0.15) is 12.0 Å². The van der Waals surface area contributed by atoms with E-state index in [1.54, 1.807) is 41.1 Å². The van der Waals surface area contributed by atoms with Crippen LogP contribution in [0, 0.1) is 0 Å². The molecule has 0 saturated carbocycles. The number of tetrazole rings is 1. The minimum atomic E-state index is -0.314. The fraction of sp³-hybridized carbons (Fsp3) is 0.259. The van der Waals surface area contributed by atoms with Crippen LogP contribution in [-0.4, -0.2) is 72.2 Å². The van der Waals surface area contributed by atoms with Crippen LogP contribution in [0.25, 0.3) is 17.1 Å². The summed E-state index contributed by atoms with van der Waals surface area (Å²) in [7, 11) is 6.10. The third kappa shape index (κ3) is 5.08. The second kappa shape index (κ2) is 11.3. The lowest BCUT2D eigenvalue weighted by atomic mass is 10.0. The minimum absolute atomic E-state index is 0.0339. The van der Waals surface area contributed by atoms with Crippen LogP contribution < -0.4 is 29.4 Å². The summed E-state index contributed by atoms with van der Waals surface area (Å²) < 4.78 is 28.9. The van der Waals surface area contributed by atoms with Crippen molar-refractivity contribution >= 4 is 11.4 Å². The van der Waals surface area contributed by atoms with Crippen molar-refractivity contribution in [2.24, 2.45) is 5.16 Å². The quantitative estimate of drug-likeness (QED) is 0.280. The molecule has 0 spiro atoms. The summed E-state index contributed by atoms with van der Waals surface area (Å²) in [5.41, 5.74) is 9.45. The monoisotopic (exact) mass is 548 g/mol. The van der Waals surface area contributed by atoms with Crippen LogP contribution in [0.3, 0.4) is 0 Å².